The van der Waals surface area contributed by atoms with Gasteiger partial charge in [-0.3, -0.25) is 9.59 Å². The van der Waals surface area contributed by atoms with E-state index < -0.39 is 0 Å². The Morgan fingerprint density at radius 2 is 1.00 bits per heavy atom. The van der Waals surface area contributed by atoms with Crippen LogP contribution in [0.2, 0.25) is 0 Å². The predicted molar refractivity (Wildman–Crippen MR) is 214 cm³/mol. The Hall–Kier alpha value is -7.45. The molecule has 0 amide bonds. The molecule has 2 heterocycles. The molecular weight excluding hydrogens is 657 g/mol. The maximum Gasteiger partial charge on any atom is 0.197 e. The number of aliphatic imine (C=N–C) groups is 1. The number of nitrogen functional groups attached to an aromatic ring is 2. The Balaban J connectivity index is 1.30. The van der Waals surface area contributed by atoms with Crippen LogP contribution in [0.4, 0.5) is 22.7 Å². The zero-order chi connectivity index (χ0) is 36.1. The van der Waals surface area contributed by atoms with Crippen LogP contribution in [0.3, 0.4) is 0 Å². The van der Waals surface area contributed by atoms with E-state index in [1.165, 1.54) is 0 Å². The zero-order valence-corrected chi connectivity index (χ0v) is 28.2. The molecule has 8 heteroatoms. The van der Waals surface area contributed by atoms with Crippen LogP contribution in [0.1, 0.15) is 43.2 Å². The van der Waals surface area contributed by atoms with Gasteiger partial charge in [-0.15, -0.1) is 0 Å². The lowest BCUT2D eigenvalue weighted by molar-refractivity contribution is 0.103. The fourth-order valence-electron chi connectivity index (χ4n) is 7.04. The van der Waals surface area contributed by atoms with E-state index in [1.807, 2.05) is 78.9 Å². The van der Waals surface area contributed by atoms with Gasteiger partial charge in [0.25, 0.3) is 0 Å². The van der Waals surface area contributed by atoms with E-state index in [4.69, 9.17) is 26.4 Å². The van der Waals surface area contributed by atoms with Crippen LogP contribution in [0.25, 0.3) is 38.3 Å². The van der Waals surface area contributed by atoms with Crippen molar-refractivity contribution in [2.75, 3.05) is 16.8 Å². The Morgan fingerprint density at radius 1 is 0.509 bits per heavy atom. The minimum atomic E-state index is -0.238. The van der Waals surface area contributed by atoms with Gasteiger partial charge in [0.1, 0.15) is 0 Å². The molecule has 8 aromatic rings. The summed E-state index contributed by atoms with van der Waals surface area (Å²) >= 11 is 0. The third-order valence-electron chi connectivity index (χ3n) is 9.56. The lowest BCUT2D eigenvalue weighted by Gasteiger charge is -2.23. The average molecular weight is 687 g/mol. The van der Waals surface area contributed by atoms with Crippen LogP contribution in [0, 0.1) is 0 Å². The minimum absolute atomic E-state index is 0.214. The topological polar surface area (TPSA) is 136 Å². The quantitative estimate of drug-likeness (QED) is 0.0864. The molecule has 0 spiro atoms. The number of benzene rings is 6. The molecule has 1 aliphatic rings. The van der Waals surface area contributed by atoms with Gasteiger partial charge in [0.2, 0.25) is 0 Å². The van der Waals surface area contributed by atoms with Crippen LogP contribution in [-0.4, -0.2) is 27.2 Å². The third-order valence-corrected chi connectivity index (χ3v) is 9.56. The summed E-state index contributed by atoms with van der Waals surface area (Å²) in [5, 5.41) is 7.29. The number of para-hydroxylation sites is 6. The highest BCUT2D eigenvalue weighted by molar-refractivity contribution is 6.32. The number of carbonyl (C=O) groups is 2. The third kappa shape index (κ3) is 5.37. The van der Waals surface area contributed by atoms with Gasteiger partial charge in [-0.05, 0) is 66.7 Å². The molecule has 9 rings (SSSR count). The molecule has 0 aliphatic heterocycles. The first-order valence-corrected chi connectivity index (χ1v) is 17.1. The summed E-state index contributed by atoms with van der Waals surface area (Å²) < 4.78 is 0. The smallest absolute Gasteiger partial charge is 0.197 e. The van der Waals surface area contributed by atoms with Crippen molar-refractivity contribution in [2.45, 2.75) is 0 Å². The largest absolute Gasteiger partial charge is 0.398 e. The molecule has 1 aliphatic carbocycles. The van der Waals surface area contributed by atoms with Crippen molar-refractivity contribution >= 4 is 78.3 Å². The molecule has 0 saturated carbocycles. The number of ketones is 2. The summed E-state index contributed by atoms with van der Waals surface area (Å²) in [6.45, 7) is 0. The van der Waals surface area contributed by atoms with Crippen molar-refractivity contribution in [2.24, 2.45) is 4.99 Å². The van der Waals surface area contributed by atoms with Crippen LogP contribution in [0.5, 0.6) is 0 Å². The number of aromatic nitrogens is 2. The monoisotopic (exact) mass is 686 g/mol. The van der Waals surface area contributed by atoms with E-state index in [0.29, 0.717) is 67.8 Å². The van der Waals surface area contributed by atoms with Gasteiger partial charge in [-0.25, -0.2) is 15.0 Å². The number of anilines is 3. The molecule has 252 valence electrons. The highest BCUT2D eigenvalue weighted by Crippen LogP contribution is 2.41. The van der Waals surface area contributed by atoms with Crippen molar-refractivity contribution in [3.05, 3.63) is 185 Å². The fourth-order valence-corrected chi connectivity index (χ4v) is 7.04. The average Bonchev–Trinajstić information content (AvgIpc) is 3.19. The van der Waals surface area contributed by atoms with Crippen molar-refractivity contribution in [3.63, 3.8) is 0 Å². The number of rotatable bonds is 7. The Morgan fingerprint density at radius 3 is 1.64 bits per heavy atom. The van der Waals surface area contributed by atoms with Crippen LogP contribution < -0.4 is 16.8 Å². The molecule has 53 heavy (non-hydrogen) atoms. The summed E-state index contributed by atoms with van der Waals surface area (Å²) in [5.74, 6) is -0.452. The van der Waals surface area contributed by atoms with Gasteiger partial charge in [0.05, 0.1) is 39.5 Å². The van der Waals surface area contributed by atoms with E-state index in [-0.39, 0.29) is 11.6 Å². The normalized spacial score (nSPS) is 13.0. The van der Waals surface area contributed by atoms with Crippen LogP contribution >= 0.6 is 0 Å². The number of nitrogens with one attached hydrogen (secondary N) is 1. The van der Waals surface area contributed by atoms with E-state index in [1.54, 1.807) is 60.7 Å². The van der Waals surface area contributed by atoms with Crippen molar-refractivity contribution in [1.82, 2.24) is 9.97 Å². The molecule has 0 bridgehead atoms. The summed E-state index contributed by atoms with van der Waals surface area (Å²) in [6.07, 6.45) is 1.89. The molecule has 0 radical (unpaired) electrons. The molecule has 6 aromatic carbocycles. The first-order valence-electron chi connectivity index (χ1n) is 17.1. The second kappa shape index (κ2) is 12.7. The number of pyridine rings is 2. The Bertz CT molecular complexity index is 2880. The molecule has 8 nitrogen and oxygen atoms in total. The van der Waals surface area contributed by atoms with Gasteiger partial charge in [0, 0.05) is 60.9 Å². The van der Waals surface area contributed by atoms with E-state index >= 15 is 0 Å². The molecule has 5 N–H and O–H groups in total. The number of carbonyl (C=O) groups excluding carboxylic acids is 2. The maximum atomic E-state index is 14.0. The SMILES string of the molecule is Nc1ccccc1C(=O)c1ccccc1N=C1C=C(Nc2ccccc2C(=O)c2ccccc2N)c2nc3ccccc3c3c2c1nc1ccccc13. The van der Waals surface area contributed by atoms with Crippen LogP contribution in [0.15, 0.2) is 157 Å². The molecule has 0 fully saturated rings. The van der Waals surface area contributed by atoms with Crippen molar-refractivity contribution < 1.29 is 9.59 Å². The number of hydrogen-bond donors (Lipinski definition) is 3. The highest BCUT2D eigenvalue weighted by atomic mass is 16.1. The highest BCUT2D eigenvalue weighted by Gasteiger charge is 2.27. The number of nitrogens with two attached hydrogens (primary N) is 2. The minimum Gasteiger partial charge on any atom is -0.398 e. The van der Waals surface area contributed by atoms with Crippen LogP contribution in [-0.2, 0) is 0 Å². The first-order chi connectivity index (χ1) is 26.0. The van der Waals surface area contributed by atoms with Gasteiger partial charge >= 0.3 is 0 Å². The number of hydrogen-bond acceptors (Lipinski definition) is 8. The molecule has 0 atom stereocenters. The van der Waals surface area contributed by atoms with E-state index in [0.717, 1.165) is 32.6 Å². The Kier molecular flexibility index (Phi) is 7.56. The second-order valence-electron chi connectivity index (χ2n) is 12.8. The lowest BCUT2D eigenvalue weighted by Crippen LogP contribution is -2.16. The van der Waals surface area contributed by atoms with Crippen molar-refractivity contribution in [3.8, 4) is 0 Å². The van der Waals surface area contributed by atoms with Gasteiger partial charge in [-0.2, -0.15) is 0 Å². The summed E-state index contributed by atoms with van der Waals surface area (Å²) in [4.78, 5) is 43.5. The Labute approximate surface area is 304 Å². The molecule has 0 unspecified atom stereocenters. The lowest BCUT2D eigenvalue weighted by atomic mass is 9.92. The zero-order valence-electron chi connectivity index (χ0n) is 28.2. The number of allylic oxidation sites excluding steroid dienone is 1. The first kappa shape index (κ1) is 31.5. The molecular formula is C45H30N6O2. The molecule has 0 saturated heterocycles. The van der Waals surface area contributed by atoms with Gasteiger partial charge in [0.15, 0.2) is 11.6 Å². The predicted octanol–water partition coefficient (Wildman–Crippen LogP) is 9.15. The van der Waals surface area contributed by atoms with Gasteiger partial charge < -0.3 is 16.8 Å². The van der Waals surface area contributed by atoms with E-state index in [9.17, 15) is 9.59 Å². The maximum absolute atomic E-state index is 14.0. The standard InChI is InChI=1S/C45H30N6O2/c46-32-19-7-1-13-26(32)44(52)30-17-5-11-23-36(30)48-38-25-39(49-37-24-12-6-18-31(37)45(53)27-14-2-8-20-33(27)47)43-41-40(29-16-4-10-22-35(29)51-43)28-15-3-9-21-34(28)50-42(38)41/h1-25,48H,46-47H2. The number of nitrogens with zero attached hydrogens (tertiary/aromatic N) is 3. The second-order valence-corrected chi connectivity index (χ2v) is 12.8. The van der Waals surface area contributed by atoms with E-state index in [2.05, 4.69) is 17.4 Å². The number of fused-ring (bicyclic) bond motifs is 4. The summed E-state index contributed by atoms with van der Waals surface area (Å²) in [7, 11) is 0. The summed E-state index contributed by atoms with van der Waals surface area (Å²) in [6, 6.07) is 44.7. The fraction of sp³-hybridized carbons (Fsp3) is 0. The molecule has 2 aromatic heterocycles. The summed E-state index contributed by atoms with van der Waals surface area (Å²) in [5.41, 5.74) is 20.0. The van der Waals surface area contributed by atoms with Crippen molar-refractivity contribution in [1.29, 1.82) is 0 Å². The van der Waals surface area contributed by atoms with Gasteiger partial charge in [-0.1, -0.05) is 84.9 Å².